The maximum atomic E-state index is 12.9. The number of rotatable bonds is 6. The smallest absolute Gasteiger partial charge is 0.306 e. The molecule has 1 aliphatic heterocycles. The number of hydrogen-bond donors (Lipinski definition) is 0. The van der Waals surface area contributed by atoms with Crippen LogP contribution < -0.4 is 18.9 Å². The molecule has 0 N–H and O–H groups in total. The summed E-state index contributed by atoms with van der Waals surface area (Å²) in [6, 6.07) is 22.1. The standard InChI is InChI=1S/C45H50O10/c46-43(10-4-5-34-12-13-37-15-14-35-6-3-7-36-16-17-38(34)45(37)44(35)36)55-32-33-11-18-41-42(31-33)54-30-26-50-22-21-48-24-28-52-40-9-2-1-8-39(40)51-27-23-47-19-20-49-25-29-53-41/h1-3,6,8-9,11-12,14-18,31H,4-5,7,10,13,19-30,32H2. The quantitative estimate of drug-likeness (QED) is 0.184. The van der Waals surface area contributed by atoms with E-state index >= 15 is 0 Å². The molecule has 55 heavy (non-hydrogen) atoms. The second kappa shape index (κ2) is 20.2. The van der Waals surface area contributed by atoms with Gasteiger partial charge in [0, 0.05) is 6.42 Å². The van der Waals surface area contributed by atoms with Crippen molar-refractivity contribution in [2.45, 2.75) is 38.7 Å². The number of ether oxygens (including phenoxy) is 9. The van der Waals surface area contributed by atoms with E-state index in [4.69, 9.17) is 42.6 Å². The number of hydrogen-bond acceptors (Lipinski definition) is 10. The van der Waals surface area contributed by atoms with Gasteiger partial charge in [-0.3, -0.25) is 4.79 Å². The van der Waals surface area contributed by atoms with Crippen molar-refractivity contribution >= 4 is 28.4 Å². The monoisotopic (exact) mass is 750 g/mol. The van der Waals surface area contributed by atoms with Gasteiger partial charge in [0.05, 0.1) is 52.9 Å². The van der Waals surface area contributed by atoms with Gasteiger partial charge in [-0.05, 0) is 94.1 Å². The predicted molar refractivity (Wildman–Crippen MR) is 210 cm³/mol. The summed E-state index contributed by atoms with van der Waals surface area (Å²) < 4.78 is 52.3. The number of carbonyl (C=O) groups excluding carboxylic acids is 1. The number of para-hydroxylation sites is 2. The molecule has 4 aromatic carbocycles. The Morgan fingerprint density at radius 2 is 1.16 bits per heavy atom. The summed E-state index contributed by atoms with van der Waals surface area (Å²) in [5.74, 6) is 2.22. The normalized spacial score (nSPS) is 17.1. The number of esters is 1. The molecule has 290 valence electrons. The van der Waals surface area contributed by atoms with E-state index in [9.17, 15) is 4.79 Å². The van der Waals surface area contributed by atoms with Gasteiger partial charge in [-0.15, -0.1) is 0 Å². The van der Waals surface area contributed by atoms with Crippen LogP contribution in [0.3, 0.4) is 0 Å². The van der Waals surface area contributed by atoms with Gasteiger partial charge in [-0.2, -0.15) is 0 Å². The lowest BCUT2D eigenvalue weighted by molar-refractivity contribution is -0.145. The molecular weight excluding hydrogens is 700 g/mol. The molecule has 2 aliphatic carbocycles. The molecule has 0 atom stereocenters. The van der Waals surface area contributed by atoms with Gasteiger partial charge in [-0.25, -0.2) is 0 Å². The van der Waals surface area contributed by atoms with Crippen molar-refractivity contribution in [1.29, 1.82) is 0 Å². The van der Waals surface area contributed by atoms with Crippen molar-refractivity contribution < 1.29 is 47.4 Å². The molecule has 0 unspecified atom stereocenters. The molecule has 0 saturated carbocycles. The van der Waals surface area contributed by atoms with Crippen molar-refractivity contribution in [3.8, 4) is 23.0 Å². The fourth-order valence-corrected chi connectivity index (χ4v) is 7.01. The first-order valence-corrected chi connectivity index (χ1v) is 19.4. The van der Waals surface area contributed by atoms with Crippen LogP contribution in [0.4, 0.5) is 0 Å². The number of carbonyl (C=O) groups is 1. The second-order valence-corrected chi connectivity index (χ2v) is 13.5. The highest BCUT2D eigenvalue weighted by Gasteiger charge is 2.20. The van der Waals surface area contributed by atoms with E-state index in [1.807, 2.05) is 42.5 Å². The molecule has 0 radical (unpaired) electrons. The van der Waals surface area contributed by atoms with Gasteiger partial charge in [0.25, 0.3) is 0 Å². The van der Waals surface area contributed by atoms with Crippen LogP contribution in [-0.4, -0.2) is 85.3 Å². The molecule has 10 nitrogen and oxygen atoms in total. The highest BCUT2D eigenvalue weighted by molar-refractivity contribution is 6.04. The summed E-state index contributed by atoms with van der Waals surface area (Å²) in [5, 5.41) is 2.77. The predicted octanol–water partition coefficient (Wildman–Crippen LogP) is 7.56. The van der Waals surface area contributed by atoms with Crippen molar-refractivity contribution in [2.24, 2.45) is 0 Å². The molecule has 4 aromatic rings. The highest BCUT2D eigenvalue weighted by atomic mass is 16.6. The zero-order valence-corrected chi connectivity index (χ0v) is 31.4. The average Bonchev–Trinajstić information content (AvgIpc) is 3.21. The van der Waals surface area contributed by atoms with Gasteiger partial charge in [0.1, 0.15) is 33.0 Å². The SMILES string of the molecule is O=C(CCCC1=CCc2ccc3c4c(ccc1c24)CC=C3)OCc1ccc2c(c1)OCCOCCOCCOc1ccccc1OCCOCCOCCO2. The maximum absolute atomic E-state index is 12.9. The van der Waals surface area contributed by atoms with Gasteiger partial charge in [-0.1, -0.05) is 60.7 Å². The fraction of sp³-hybridized carbons (Fsp3) is 0.400. The minimum absolute atomic E-state index is 0.140. The van der Waals surface area contributed by atoms with E-state index in [0.29, 0.717) is 109 Å². The van der Waals surface area contributed by atoms with Crippen LogP contribution in [-0.2, 0) is 47.9 Å². The Labute approximate surface area is 322 Å². The summed E-state index contributed by atoms with van der Waals surface area (Å²) in [4.78, 5) is 12.9. The minimum Gasteiger partial charge on any atom is -0.487 e. The molecule has 0 bridgehead atoms. The maximum Gasteiger partial charge on any atom is 0.306 e. The molecule has 0 amide bonds. The van der Waals surface area contributed by atoms with Crippen molar-refractivity contribution in [1.82, 2.24) is 0 Å². The second-order valence-electron chi connectivity index (χ2n) is 13.5. The van der Waals surface area contributed by atoms with Crippen LogP contribution in [0.2, 0.25) is 0 Å². The van der Waals surface area contributed by atoms with E-state index in [2.05, 4.69) is 42.5 Å². The van der Waals surface area contributed by atoms with E-state index in [1.165, 1.54) is 38.6 Å². The molecule has 0 aromatic heterocycles. The Morgan fingerprint density at radius 1 is 0.582 bits per heavy atom. The summed E-state index contributed by atoms with van der Waals surface area (Å²) in [6.45, 7) is 4.83. The lowest BCUT2D eigenvalue weighted by atomic mass is 9.81. The van der Waals surface area contributed by atoms with E-state index in [-0.39, 0.29) is 12.6 Å². The van der Waals surface area contributed by atoms with Crippen molar-refractivity contribution in [3.05, 3.63) is 107 Å². The lowest BCUT2D eigenvalue weighted by Crippen LogP contribution is -2.15. The topological polar surface area (TPSA) is 100 Å². The van der Waals surface area contributed by atoms with Gasteiger partial charge in [0.2, 0.25) is 0 Å². The largest absolute Gasteiger partial charge is 0.487 e. The molecule has 0 fully saturated rings. The Balaban J connectivity index is 0.875. The van der Waals surface area contributed by atoms with Crippen molar-refractivity contribution in [3.63, 3.8) is 0 Å². The van der Waals surface area contributed by atoms with E-state index in [1.54, 1.807) is 0 Å². The van der Waals surface area contributed by atoms with Gasteiger partial charge in [0.15, 0.2) is 23.0 Å². The van der Waals surface area contributed by atoms with Crippen LogP contribution in [0.15, 0.2) is 78.9 Å². The molecule has 0 spiro atoms. The van der Waals surface area contributed by atoms with E-state index < -0.39 is 0 Å². The van der Waals surface area contributed by atoms with Gasteiger partial charge >= 0.3 is 5.97 Å². The Morgan fingerprint density at radius 3 is 1.84 bits per heavy atom. The van der Waals surface area contributed by atoms with Crippen LogP contribution in [0.25, 0.3) is 22.4 Å². The third-order valence-electron chi connectivity index (χ3n) is 9.68. The molecule has 1 heterocycles. The van der Waals surface area contributed by atoms with E-state index in [0.717, 1.165) is 31.2 Å². The first-order chi connectivity index (χ1) is 27.2. The number of fused-ring (bicyclic) bond motifs is 2. The third-order valence-corrected chi connectivity index (χ3v) is 9.68. The Bertz CT molecular complexity index is 1950. The zero-order chi connectivity index (χ0) is 37.5. The number of allylic oxidation sites excluding steroid dienone is 3. The molecule has 0 saturated heterocycles. The fourth-order valence-electron chi connectivity index (χ4n) is 7.01. The summed E-state index contributed by atoms with van der Waals surface area (Å²) in [7, 11) is 0. The third kappa shape index (κ3) is 10.7. The molecule has 7 rings (SSSR count). The Kier molecular flexibility index (Phi) is 14.1. The van der Waals surface area contributed by atoms with Crippen LogP contribution >= 0.6 is 0 Å². The molecular formula is C45H50O10. The van der Waals surface area contributed by atoms with Crippen molar-refractivity contribution in [2.75, 3.05) is 79.3 Å². The zero-order valence-electron chi connectivity index (χ0n) is 31.4. The molecule has 3 aliphatic rings. The summed E-state index contributed by atoms with van der Waals surface area (Å²) in [5.41, 5.74) is 7.49. The van der Waals surface area contributed by atoms with Gasteiger partial charge < -0.3 is 42.6 Å². The summed E-state index contributed by atoms with van der Waals surface area (Å²) in [6.07, 6.45) is 10.6. The lowest BCUT2D eigenvalue weighted by Gasteiger charge is -2.23. The minimum atomic E-state index is -0.222. The average molecular weight is 751 g/mol. The van der Waals surface area contributed by atoms with Crippen LogP contribution in [0, 0.1) is 0 Å². The summed E-state index contributed by atoms with van der Waals surface area (Å²) >= 11 is 0. The first-order valence-electron chi connectivity index (χ1n) is 19.4. The first kappa shape index (κ1) is 38.4. The highest BCUT2D eigenvalue weighted by Crippen LogP contribution is 2.40. The van der Waals surface area contributed by atoms with Crippen LogP contribution in [0.5, 0.6) is 23.0 Å². The number of benzene rings is 4. The molecule has 10 heteroatoms. The Hall–Kier alpha value is -4.87. The van der Waals surface area contributed by atoms with Crippen LogP contribution in [0.1, 0.15) is 47.1 Å².